The summed E-state index contributed by atoms with van der Waals surface area (Å²) < 4.78 is 0. The number of hydrogen-bond acceptors (Lipinski definition) is 2. The molecule has 1 aromatic carbocycles. The summed E-state index contributed by atoms with van der Waals surface area (Å²) >= 11 is 5.92. The molecule has 0 aliphatic rings. The van der Waals surface area contributed by atoms with Crippen LogP contribution in [-0.4, -0.2) is 43.1 Å². The quantitative estimate of drug-likeness (QED) is 0.294. The molecule has 0 spiro atoms. The lowest BCUT2D eigenvalue weighted by Gasteiger charge is -2.21. The number of nitrogens with zero attached hydrogens (tertiary/aromatic N) is 2. The summed E-state index contributed by atoms with van der Waals surface area (Å²) in [6.45, 7) is 13.7. The van der Waals surface area contributed by atoms with Crippen LogP contribution in [0.4, 0.5) is 0 Å². The number of guanidine groups is 1. The van der Waals surface area contributed by atoms with Crippen LogP contribution in [-0.2, 0) is 6.54 Å². The van der Waals surface area contributed by atoms with Crippen LogP contribution in [0.3, 0.4) is 0 Å². The number of nitrogens with one attached hydrogen (secondary N) is 2. The van der Waals surface area contributed by atoms with Crippen LogP contribution in [0.1, 0.15) is 46.1 Å². The highest BCUT2D eigenvalue weighted by atomic mass is 127. The van der Waals surface area contributed by atoms with Crippen molar-refractivity contribution in [3.8, 4) is 0 Å². The maximum atomic E-state index is 5.92. The van der Waals surface area contributed by atoms with Crippen LogP contribution >= 0.6 is 35.6 Å². The molecule has 0 aliphatic carbocycles. The van der Waals surface area contributed by atoms with Gasteiger partial charge in [0.05, 0.1) is 6.54 Å². The predicted octanol–water partition coefficient (Wildman–Crippen LogP) is 4.52. The van der Waals surface area contributed by atoms with Crippen molar-refractivity contribution in [2.45, 2.75) is 53.1 Å². The third-order valence-electron chi connectivity index (χ3n) is 4.07. The molecule has 4 nitrogen and oxygen atoms in total. The van der Waals surface area contributed by atoms with Gasteiger partial charge in [0, 0.05) is 17.6 Å². The standard InChI is InChI=1S/C19H33ClN4.HI/c1-5-21-19(22-15-17-10-12-18(20)13-11-17)23-16(4)9-8-14-24(6-2)7-3;/h10-13,16H,5-9,14-15H2,1-4H3,(H2,21,22,23);1H. The van der Waals surface area contributed by atoms with E-state index >= 15 is 0 Å². The Morgan fingerprint density at radius 1 is 1.16 bits per heavy atom. The Morgan fingerprint density at radius 3 is 2.36 bits per heavy atom. The van der Waals surface area contributed by atoms with Gasteiger partial charge in [-0.3, -0.25) is 0 Å². The maximum Gasteiger partial charge on any atom is 0.191 e. The highest BCUT2D eigenvalue weighted by Crippen LogP contribution is 2.10. The van der Waals surface area contributed by atoms with Crippen LogP contribution in [0.15, 0.2) is 29.3 Å². The van der Waals surface area contributed by atoms with E-state index in [0.717, 1.165) is 49.1 Å². The van der Waals surface area contributed by atoms with Gasteiger partial charge in [0.25, 0.3) is 0 Å². The molecule has 6 heteroatoms. The van der Waals surface area contributed by atoms with Gasteiger partial charge in [-0.15, -0.1) is 24.0 Å². The van der Waals surface area contributed by atoms with E-state index in [1.54, 1.807) is 0 Å². The second kappa shape index (κ2) is 14.6. The largest absolute Gasteiger partial charge is 0.357 e. The van der Waals surface area contributed by atoms with Crippen LogP contribution in [0.25, 0.3) is 0 Å². The fraction of sp³-hybridized carbons (Fsp3) is 0.632. The summed E-state index contributed by atoms with van der Waals surface area (Å²) in [5.41, 5.74) is 1.16. The number of hydrogen-bond donors (Lipinski definition) is 2. The summed E-state index contributed by atoms with van der Waals surface area (Å²) in [5.74, 6) is 0.878. The van der Waals surface area contributed by atoms with Crippen LogP contribution in [0.2, 0.25) is 5.02 Å². The summed E-state index contributed by atoms with van der Waals surface area (Å²) in [6, 6.07) is 8.25. The van der Waals surface area contributed by atoms with Gasteiger partial charge in [0.1, 0.15) is 0 Å². The summed E-state index contributed by atoms with van der Waals surface area (Å²) in [4.78, 5) is 7.13. The van der Waals surface area contributed by atoms with Crippen molar-refractivity contribution in [2.75, 3.05) is 26.2 Å². The van der Waals surface area contributed by atoms with Crippen molar-refractivity contribution >= 4 is 41.5 Å². The van der Waals surface area contributed by atoms with Crippen molar-refractivity contribution in [1.29, 1.82) is 0 Å². The lowest BCUT2D eigenvalue weighted by atomic mass is 10.2. The van der Waals surface area contributed by atoms with E-state index in [9.17, 15) is 0 Å². The Morgan fingerprint density at radius 2 is 1.80 bits per heavy atom. The molecule has 0 aliphatic heterocycles. The minimum atomic E-state index is 0. The second-order valence-electron chi connectivity index (χ2n) is 6.04. The number of aliphatic imine (C=N–C) groups is 1. The van der Waals surface area contributed by atoms with Gasteiger partial charge in [0.15, 0.2) is 5.96 Å². The number of rotatable bonds is 10. The molecule has 1 atom stereocenters. The zero-order valence-electron chi connectivity index (χ0n) is 16.0. The molecule has 0 aromatic heterocycles. The highest BCUT2D eigenvalue weighted by molar-refractivity contribution is 14.0. The third-order valence-corrected chi connectivity index (χ3v) is 4.32. The number of halogens is 2. The molecule has 0 amide bonds. The summed E-state index contributed by atoms with van der Waals surface area (Å²) in [7, 11) is 0. The van der Waals surface area contributed by atoms with Crippen molar-refractivity contribution < 1.29 is 0 Å². The Labute approximate surface area is 175 Å². The zero-order valence-corrected chi connectivity index (χ0v) is 19.1. The average molecular weight is 481 g/mol. The monoisotopic (exact) mass is 480 g/mol. The Bertz CT molecular complexity index is 475. The maximum absolute atomic E-state index is 5.92. The normalized spacial score (nSPS) is 12.6. The predicted molar refractivity (Wildman–Crippen MR) is 121 cm³/mol. The Kier molecular flexibility index (Phi) is 14.3. The van der Waals surface area contributed by atoms with E-state index in [2.05, 4.69) is 48.2 Å². The summed E-state index contributed by atoms with van der Waals surface area (Å²) in [6.07, 6.45) is 2.34. The molecule has 0 saturated carbocycles. The van der Waals surface area contributed by atoms with Crippen molar-refractivity contribution in [1.82, 2.24) is 15.5 Å². The summed E-state index contributed by atoms with van der Waals surface area (Å²) in [5, 5.41) is 7.58. The first-order valence-corrected chi connectivity index (χ1v) is 9.48. The van der Waals surface area contributed by atoms with Gasteiger partial charge in [-0.05, 0) is 64.0 Å². The van der Waals surface area contributed by atoms with E-state index in [0.29, 0.717) is 12.6 Å². The highest BCUT2D eigenvalue weighted by Gasteiger charge is 2.06. The van der Waals surface area contributed by atoms with Gasteiger partial charge in [-0.2, -0.15) is 0 Å². The third kappa shape index (κ3) is 10.9. The molecule has 0 heterocycles. The number of benzene rings is 1. The molecule has 0 fully saturated rings. The minimum absolute atomic E-state index is 0. The molecule has 0 bridgehead atoms. The van der Waals surface area contributed by atoms with Gasteiger partial charge < -0.3 is 15.5 Å². The molecule has 25 heavy (non-hydrogen) atoms. The van der Waals surface area contributed by atoms with E-state index in [-0.39, 0.29) is 24.0 Å². The van der Waals surface area contributed by atoms with Crippen LogP contribution in [0, 0.1) is 0 Å². The SMILES string of the molecule is CCNC(=NCc1ccc(Cl)cc1)NC(C)CCCN(CC)CC.I. The Hall–Kier alpha value is -0.530. The topological polar surface area (TPSA) is 39.7 Å². The minimum Gasteiger partial charge on any atom is -0.357 e. The van der Waals surface area contributed by atoms with E-state index in [1.165, 1.54) is 6.42 Å². The smallest absolute Gasteiger partial charge is 0.191 e. The lowest BCUT2D eigenvalue weighted by molar-refractivity contribution is 0.292. The first-order valence-electron chi connectivity index (χ1n) is 9.10. The molecule has 2 N–H and O–H groups in total. The molecular formula is C19H34ClIN4. The van der Waals surface area contributed by atoms with E-state index in [1.807, 2.05) is 24.3 Å². The first kappa shape index (κ1) is 24.5. The molecule has 0 saturated heterocycles. The molecule has 0 radical (unpaired) electrons. The second-order valence-corrected chi connectivity index (χ2v) is 6.47. The van der Waals surface area contributed by atoms with Crippen molar-refractivity contribution in [3.63, 3.8) is 0 Å². The molecule has 1 rings (SSSR count). The van der Waals surface area contributed by atoms with Crippen molar-refractivity contribution in [2.24, 2.45) is 4.99 Å². The van der Waals surface area contributed by atoms with E-state index < -0.39 is 0 Å². The van der Waals surface area contributed by atoms with Gasteiger partial charge >= 0.3 is 0 Å². The van der Waals surface area contributed by atoms with Crippen molar-refractivity contribution in [3.05, 3.63) is 34.9 Å². The van der Waals surface area contributed by atoms with E-state index in [4.69, 9.17) is 11.6 Å². The molecule has 1 aromatic rings. The molecule has 144 valence electrons. The van der Waals surface area contributed by atoms with Crippen LogP contribution < -0.4 is 10.6 Å². The van der Waals surface area contributed by atoms with Gasteiger partial charge in [-0.1, -0.05) is 37.6 Å². The fourth-order valence-corrected chi connectivity index (χ4v) is 2.67. The fourth-order valence-electron chi connectivity index (χ4n) is 2.55. The van der Waals surface area contributed by atoms with Gasteiger partial charge in [-0.25, -0.2) is 4.99 Å². The lowest BCUT2D eigenvalue weighted by Crippen LogP contribution is -2.42. The Balaban J connectivity index is 0.00000576. The van der Waals surface area contributed by atoms with Crippen LogP contribution in [0.5, 0.6) is 0 Å². The molecular weight excluding hydrogens is 447 g/mol. The average Bonchev–Trinajstić information content (AvgIpc) is 2.58. The zero-order chi connectivity index (χ0) is 17.8. The molecule has 1 unspecified atom stereocenters. The first-order chi connectivity index (χ1) is 11.6. The van der Waals surface area contributed by atoms with Gasteiger partial charge in [0.2, 0.25) is 0 Å².